The maximum atomic E-state index is 12.3. The van der Waals surface area contributed by atoms with Crippen molar-refractivity contribution in [2.24, 2.45) is 12.8 Å². The molecule has 0 atom stereocenters. The van der Waals surface area contributed by atoms with Crippen LogP contribution in [0.25, 0.3) is 27.4 Å². The number of anilines is 1. The minimum atomic E-state index is -0.641. The Bertz CT molecular complexity index is 1200. The second kappa shape index (κ2) is 5.85. The molecule has 0 unspecified atom stereocenters. The van der Waals surface area contributed by atoms with Gasteiger partial charge in [0.05, 0.1) is 16.6 Å². The number of primary amides is 1. The number of amides is 1. The van der Waals surface area contributed by atoms with Crippen LogP contribution in [0.2, 0.25) is 0 Å². The molecule has 4 aromatic rings. The summed E-state index contributed by atoms with van der Waals surface area (Å²) in [6.07, 6.45) is 1.69. The predicted molar refractivity (Wildman–Crippen MR) is 105 cm³/mol. The maximum Gasteiger partial charge on any atom is 0.253 e. The number of hydrogen-bond donors (Lipinski definition) is 3. The third-order valence-electron chi connectivity index (χ3n) is 4.70. The molecule has 0 bridgehead atoms. The van der Waals surface area contributed by atoms with Crippen LogP contribution in [0, 0.1) is 13.8 Å². The van der Waals surface area contributed by atoms with Gasteiger partial charge >= 0.3 is 0 Å². The van der Waals surface area contributed by atoms with Gasteiger partial charge in [0, 0.05) is 24.2 Å². The molecule has 5 N–H and O–H groups in total. The summed E-state index contributed by atoms with van der Waals surface area (Å²) in [5.74, 6) is -0.318. The summed E-state index contributed by atoms with van der Waals surface area (Å²) in [4.78, 5) is 16.6. The molecule has 0 radical (unpaired) electrons. The number of aryl methyl sites for hydroxylation is 2. The molecular formula is C18H18N6O2S. The van der Waals surface area contributed by atoms with Crippen LogP contribution in [-0.2, 0) is 7.05 Å². The third-order valence-corrected chi connectivity index (χ3v) is 5.48. The molecule has 4 rings (SSSR count). The highest BCUT2D eigenvalue weighted by molar-refractivity contribution is 7.13. The van der Waals surface area contributed by atoms with Gasteiger partial charge < -0.3 is 16.6 Å². The SMILES string of the molecule is Cc1ccc(O)c(C)c1-n1c(N)c(C(N)=O)c2c(-c3nccs3)n(C)nc21. The summed E-state index contributed by atoms with van der Waals surface area (Å²) in [5.41, 5.74) is 15.6. The number of rotatable bonds is 3. The van der Waals surface area contributed by atoms with Gasteiger partial charge in [-0.05, 0) is 25.5 Å². The fraction of sp³-hybridized carbons (Fsp3) is 0.167. The lowest BCUT2D eigenvalue weighted by Crippen LogP contribution is -2.15. The van der Waals surface area contributed by atoms with Crippen molar-refractivity contribution in [3.8, 4) is 22.1 Å². The van der Waals surface area contributed by atoms with Gasteiger partial charge in [-0.25, -0.2) is 4.98 Å². The van der Waals surface area contributed by atoms with E-state index in [0.29, 0.717) is 33.0 Å². The van der Waals surface area contributed by atoms with E-state index in [1.54, 1.807) is 41.5 Å². The summed E-state index contributed by atoms with van der Waals surface area (Å²) < 4.78 is 3.34. The molecular weight excluding hydrogens is 364 g/mol. The summed E-state index contributed by atoms with van der Waals surface area (Å²) in [7, 11) is 1.78. The Morgan fingerprint density at radius 2 is 2.04 bits per heavy atom. The number of phenols is 1. The highest BCUT2D eigenvalue weighted by atomic mass is 32.1. The van der Waals surface area contributed by atoms with Crippen molar-refractivity contribution in [1.29, 1.82) is 0 Å². The second-order valence-corrected chi connectivity index (χ2v) is 7.24. The molecule has 0 fully saturated rings. The molecule has 0 aliphatic carbocycles. The fourth-order valence-electron chi connectivity index (χ4n) is 3.48. The Labute approximate surface area is 158 Å². The quantitative estimate of drug-likeness (QED) is 0.502. The molecule has 1 amide bonds. The molecule has 0 spiro atoms. The second-order valence-electron chi connectivity index (χ2n) is 6.34. The van der Waals surface area contributed by atoms with Crippen LogP contribution in [0.15, 0.2) is 23.7 Å². The van der Waals surface area contributed by atoms with Gasteiger partial charge in [-0.2, -0.15) is 5.10 Å². The largest absolute Gasteiger partial charge is 0.508 e. The number of hydrogen-bond acceptors (Lipinski definition) is 6. The Balaban J connectivity index is 2.20. The van der Waals surface area contributed by atoms with E-state index in [-0.39, 0.29) is 17.1 Å². The first-order valence-corrected chi connectivity index (χ1v) is 9.07. The van der Waals surface area contributed by atoms with E-state index < -0.39 is 5.91 Å². The van der Waals surface area contributed by atoms with Crippen LogP contribution in [0.3, 0.4) is 0 Å². The van der Waals surface area contributed by atoms with E-state index in [0.717, 1.165) is 5.56 Å². The fourth-order valence-corrected chi connectivity index (χ4v) is 4.20. The molecule has 0 aliphatic heterocycles. The molecule has 3 heterocycles. The van der Waals surface area contributed by atoms with Gasteiger partial charge in [-0.3, -0.25) is 14.0 Å². The zero-order valence-corrected chi connectivity index (χ0v) is 15.8. The van der Waals surface area contributed by atoms with Crippen molar-refractivity contribution in [3.05, 3.63) is 40.4 Å². The molecule has 9 heteroatoms. The van der Waals surface area contributed by atoms with Crippen LogP contribution in [0.4, 0.5) is 5.82 Å². The van der Waals surface area contributed by atoms with E-state index >= 15 is 0 Å². The monoisotopic (exact) mass is 382 g/mol. The first kappa shape index (κ1) is 17.1. The summed E-state index contributed by atoms with van der Waals surface area (Å²) in [6.45, 7) is 3.69. The molecule has 0 saturated heterocycles. The normalized spacial score (nSPS) is 11.4. The summed E-state index contributed by atoms with van der Waals surface area (Å²) in [5, 5.41) is 17.9. The van der Waals surface area contributed by atoms with Crippen LogP contribution >= 0.6 is 11.3 Å². The number of aromatic nitrogens is 4. The first-order chi connectivity index (χ1) is 12.8. The predicted octanol–water partition coefficient (Wildman–Crippen LogP) is 2.49. The summed E-state index contributed by atoms with van der Waals surface area (Å²) in [6, 6.07) is 3.41. The van der Waals surface area contributed by atoms with E-state index in [1.807, 2.05) is 12.3 Å². The third kappa shape index (κ3) is 2.32. The maximum absolute atomic E-state index is 12.3. The highest BCUT2D eigenvalue weighted by Crippen LogP contribution is 2.40. The number of nitrogens with zero attached hydrogens (tertiary/aromatic N) is 4. The minimum Gasteiger partial charge on any atom is -0.508 e. The smallest absolute Gasteiger partial charge is 0.253 e. The highest BCUT2D eigenvalue weighted by Gasteiger charge is 2.29. The van der Waals surface area contributed by atoms with Gasteiger partial charge in [-0.15, -0.1) is 11.3 Å². The Morgan fingerprint density at radius 3 is 2.67 bits per heavy atom. The Hall–Kier alpha value is -3.33. The van der Waals surface area contributed by atoms with E-state index in [1.165, 1.54) is 11.3 Å². The molecule has 8 nitrogen and oxygen atoms in total. The van der Waals surface area contributed by atoms with Crippen molar-refractivity contribution in [2.45, 2.75) is 13.8 Å². The van der Waals surface area contributed by atoms with Gasteiger partial charge in [0.25, 0.3) is 5.91 Å². The number of benzene rings is 1. The van der Waals surface area contributed by atoms with Gasteiger partial charge in [-0.1, -0.05) is 6.07 Å². The average Bonchev–Trinajstić information content (AvgIpc) is 3.28. The molecule has 138 valence electrons. The average molecular weight is 382 g/mol. The number of phenolic OH excluding ortho intramolecular Hbond substituents is 1. The van der Waals surface area contributed by atoms with E-state index in [9.17, 15) is 9.90 Å². The van der Waals surface area contributed by atoms with Crippen LogP contribution in [0.1, 0.15) is 21.5 Å². The van der Waals surface area contributed by atoms with Crippen molar-refractivity contribution < 1.29 is 9.90 Å². The molecule has 27 heavy (non-hydrogen) atoms. The Kier molecular flexibility index (Phi) is 3.70. The van der Waals surface area contributed by atoms with E-state index in [2.05, 4.69) is 10.1 Å². The molecule has 0 saturated carbocycles. The number of nitrogens with two attached hydrogens (primary N) is 2. The number of aromatic hydroxyl groups is 1. The zero-order chi connectivity index (χ0) is 19.5. The number of carbonyl (C=O) groups is 1. The van der Waals surface area contributed by atoms with Crippen molar-refractivity contribution in [2.75, 3.05) is 5.73 Å². The number of fused-ring (bicyclic) bond motifs is 1. The molecule has 3 aromatic heterocycles. The van der Waals surface area contributed by atoms with Crippen LogP contribution in [-0.4, -0.2) is 30.3 Å². The lowest BCUT2D eigenvalue weighted by Gasteiger charge is -2.15. The van der Waals surface area contributed by atoms with Crippen molar-refractivity contribution in [1.82, 2.24) is 19.3 Å². The van der Waals surface area contributed by atoms with Crippen molar-refractivity contribution >= 4 is 34.1 Å². The topological polar surface area (TPSA) is 125 Å². The zero-order valence-electron chi connectivity index (χ0n) is 15.0. The van der Waals surface area contributed by atoms with Crippen molar-refractivity contribution in [3.63, 3.8) is 0 Å². The van der Waals surface area contributed by atoms with Gasteiger partial charge in [0.2, 0.25) is 0 Å². The summed E-state index contributed by atoms with van der Waals surface area (Å²) >= 11 is 1.44. The lowest BCUT2D eigenvalue weighted by molar-refractivity contribution is 0.100. The molecule has 0 aliphatic rings. The van der Waals surface area contributed by atoms with Crippen LogP contribution < -0.4 is 11.5 Å². The van der Waals surface area contributed by atoms with Gasteiger partial charge in [0.15, 0.2) is 5.65 Å². The number of thiazole rings is 1. The first-order valence-electron chi connectivity index (χ1n) is 8.19. The standard InChI is InChI=1S/C18H18N6O2S/c1-8-4-5-10(25)9(2)13(8)24-15(19)12(16(20)26)11-14(18-21-6-7-27-18)23(3)22-17(11)24/h4-7,25H,19H2,1-3H3,(H2,20,26). The molecule has 1 aromatic carbocycles. The van der Waals surface area contributed by atoms with Gasteiger partial charge in [0.1, 0.15) is 22.3 Å². The number of nitrogen functional groups attached to an aromatic ring is 1. The van der Waals surface area contributed by atoms with E-state index in [4.69, 9.17) is 11.5 Å². The van der Waals surface area contributed by atoms with Crippen LogP contribution in [0.5, 0.6) is 5.75 Å². The lowest BCUT2D eigenvalue weighted by atomic mass is 10.1. The Morgan fingerprint density at radius 1 is 1.30 bits per heavy atom. The number of carbonyl (C=O) groups excluding carboxylic acids is 1. The minimum absolute atomic E-state index is 0.133.